The molecule has 0 amide bonds. The van der Waals surface area contributed by atoms with Crippen molar-refractivity contribution in [3.63, 3.8) is 0 Å². The van der Waals surface area contributed by atoms with Gasteiger partial charge in [-0.1, -0.05) is 30.3 Å². The molecule has 2 rings (SSSR count). The molecule has 1 aromatic rings. The van der Waals surface area contributed by atoms with Gasteiger partial charge in [-0.15, -0.1) is 0 Å². The van der Waals surface area contributed by atoms with Crippen LogP contribution < -0.4 is 5.32 Å². The van der Waals surface area contributed by atoms with Gasteiger partial charge in [-0.05, 0) is 5.56 Å². The maximum absolute atomic E-state index is 4.43. The molecule has 1 unspecified atom stereocenters. The van der Waals surface area contributed by atoms with Crippen LogP contribution in [0.5, 0.6) is 0 Å². The van der Waals surface area contributed by atoms with Crippen LogP contribution in [0.4, 0.5) is 0 Å². The highest BCUT2D eigenvalue weighted by atomic mass is 32.1. The van der Waals surface area contributed by atoms with Gasteiger partial charge in [0.1, 0.15) is 0 Å². The van der Waals surface area contributed by atoms with Gasteiger partial charge >= 0.3 is 0 Å². The molecule has 0 spiro atoms. The van der Waals surface area contributed by atoms with Gasteiger partial charge in [0.2, 0.25) is 0 Å². The van der Waals surface area contributed by atoms with Gasteiger partial charge in [-0.25, -0.2) is 0 Å². The lowest BCUT2D eigenvalue weighted by molar-refractivity contribution is 0.223. The smallest absolute Gasteiger partial charge is 0.0632 e. The first-order chi connectivity index (χ1) is 6.84. The SMILES string of the molecule is SC1CN(Cc2ccccc2)CCN1. The van der Waals surface area contributed by atoms with Gasteiger partial charge in [0.05, 0.1) is 5.37 Å². The van der Waals surface area contributed by atoms with Crippen molar-refractivity contribution < 1.29 is 0 Å². The number of rotatable bonds is 2. The Kier molecular flexibility index (Phi) is 3.45. The molecule has 0 bridgehead atoms. The molecule has 1 heterocycles. The summed E-state index contributed by atoms with van der Waals surface area (Å²) in [6, 6.07) is 10.6. The van der Waals surface area contributed by atoms with Crippen molar-refractivity contribution in [3.8, 4) is 0 Å². The number of piperazine rings is 1. The highest BCUT2D eigenvalue weighted by Crippen LogP contribution is 2.08. The van der Waals surface area contributed by atoms with E-state index in [9.17, 15) is 0 Å². The number of benzene rings is 1. The first-order valence-electron chi connectivity index (χ1n) is 5.02. The van der Waals surface area contributed by atoms with Gasteiger partial charge in [-0.2, -0.15) is 12.6 Å². The zero-order valence-electron chi connectivity index (χ0n) is 8.19. The molecule has 0 aromatic heterocycles. The van der Waals surface area contributed by atoms with E-state index in [2.05, 4.69) is 53.2 Å². The second kappa shape index (κ2) is 4.82. The maximum Gasteiger partial charge on any atom is 0.0632 e. The summed E-state index contributed by atoms with van der Waals surface area (Å²) in [7, 11) is 0. The lowest BCUT2D eigenvalue weighted by Crippen LogP contribution is -2.47. The third kappa shape index (κ3) is 2.74. The van der Waals surface area contributed by atoms with Crippen LogP contribution >= 0.6 is 12.6 Å². The van der Waals surface area contributed by atoms with Crippen molar-refractivity contribution in [1.82, 2.24) is 10.2 Å². The molecule has 2 nitrogen and oxygen atoms in total. The number of nitrogens with one attached hydrogen (secondary N) is 1. The molecule has 1 saturated heterocycles. The van der Waals surface area contributed by atoms with E-state index in [-0.39, 0.29) is 0 Å². The van der Waals surface area contributed by atoms with E-state index in [1.54, 1.807) is 0 Å². The predicted octanol–water partition coefficient (Wildman–Crippen LogP) is 1.35. The Morgan fingerprint density at radius 1 is 1.36 bits per heavy atom. The third-order valence-corrected chi connectivity index (χ3v) is 2.83. The van der Waals surface area contributed by atoms with Crippen LogP contribution in [0.25, 0.3) is 0 Å². The van der Waals surface area contributed by atoms with Crippen LogP contribution in [0.3, 0.4) is 0 Å². The summed E-state index contributed by atoms with van der Waals surface area (Å²) in [5.74, 6) is 0. The van der Waals surface area contributed by atoms with Crippen LogP contribution in [0.1, 0.15) is 5.56 Å². The summed E-state index contributed by atoms with van der Waals surface area (Å²) < 4.78 is 0. The lowest BCUT2D eigenvalue weighted by Gasteiger charge is -2.31. The summed E-state index contributed by atoms with van der Waals surface area (Å²) in [6.07, 6.45) is 0. The largest absolute Gasteiger partial charge is 0.303 e. The fourth-order valence-corrected chi connectivity index (χ4v) is 2.13. The normalized spacial score (nSPS) is 23.6. The number of nitrogens with zero attached hydrogens (tertiary/aromatic N) is 1. The van der Waals surface area contributed by atoms with E-state index in [0.29, 0.717) is 5.37 Å². The van der Waals surface area contributed by atoms with Crippen molar-refractivity contribution in [3.05, 3.63) is 35.9 Å². The van der Waals surface area contributed by atoms with E-state index < -0.39 is 0 Å². The first kappa shape index (κ1) is 10.0. The molecule has 0 radical (unpaired) electrons. The second-order valence-electron chi connectivity index (χ2n) is 3.69. The van der Waals surface area contributed by atoms with Gasteiger partial charge in [0, 0.05) is 26.2 Å². The quantitative estimate of drug-likeness (QED) is 0.713. The number of thiol groups is 1. The highest BCUT2D eigenvalue weighted by molar-refractivity contribution is 7.80. The Morgan fingerprint density at radius 3 is 2.86 bits per heavy atom. The van der Waals surface area contributed by atoms with Gasteiger partial charge in [-0.3, -0.25) is 4.90 Å². The molecule has 76 valence electrons. The zero-order chi connectivity index (χ0) is 9.80. The Hall–Kier alpha value is -0.510. The second-order valence-corrected chi connectivity index (χ2v) is 4.31. The summed E-state index contributed by atoms with van der Waals surface area (Å²) >= 11 is 4.43. The first-order valence-corrected chi connectivity index (χ1v) is 5.54. The van der Waals surface area contributed by atoms with E-state index in [4.69, 9.17) is 0 Å². The minimum atomic E-state index is 0.326. The molecule has 0 aliphatic carbocycles. The van der Waals surface area contributed by atoms with Crippen molar-refractivity contribution >= 4 is 12.6 Å². The van der Waals surface area contributed by atoms with Gasteiger partial charge in [0.25, 0.3) is 0 Å². The Morgan fingerprint density at radius 2 is 2.14 bits per heavy atom. The standard InChI is InChI=1S/C11H16N2S/c14-11-9-13(7-6-12-11)8-10-4-2-1-3-5-10/h1-5,11-12,14H,6-9H2. The van der Waals surface area contributed by atoms with Crippen LogP contribution in [0, 0.1) is 0 Å². The number of hydrogen-bond donors (Lipinski definition) is 2. The van der Waals surface area contributed by atoms with E-state index in [1.807, 2.05) is 0 Å². The summed E-state index contributed by atoms with van der Waals surface area (Å²) in [5, 5.41) is 3.65. The lowest BCUT2D eigenvalue weighted by atomic mass is 10.2. The molecular weight excluding hydrogens is 192 g/mol. The van der Waals surface area contributed by atoms with Crippen LogP contribution in [0.15, 0.2) is 30.3 Å². The van der Waals surface area contributed by atoms with E-state index in [1.165, 1.54) is 5.56 Å². The Bertz CT molecular complexity index is 276. The minimum absolute atomic E-state index is 0.326. The molecular formula is C11H16N2S. The molecule has 1 aromatic carbocycles. The average Bonchev–Trinajstić information content (AvgIpc) is 2.19. The van der Waals surface area contributed by atoms with E-state index in [0.717, 1.165) is 26.2 Å². The number of hydrogen-bond acceptors (Lipinski definition) is 3. The van der Waals surface area contributed by atoms with Crippen molar-refractivity contribution in [2.24, 2.45) is 0 Å². The van der Waals surface area contributed by atoms with E-state index >= 15 is 0 Å². The Balaban J connectivity index is 1.91. The molecule has 0 saturated carbocycles. The Labute approximate surface area is 90.7 Å². The van der Waals surface area contributed by atoms with Crippen molar-refractivity contribution in [2.45, 2.75) is 11.9 Å². The summed E-state index contributed by atoms with van der Waals surface area (Å²) in [6.45, 7) is 4.23. The van der Waals surface area contributed by atoms with Gasteiger partial charge in [0.15, 0.2) is 0 Å². The monoisotopic (exact) mass is 208 g/mol. The summed E-state index contributed by atoms with van der Waals surface area (Å²) in [4.78, 5) is 2.43. The fraction of sp³-hybridized carbons (Fsp3) is 0.455. The average molecular weight is 208 g/mol. The topological polar surface area (TPSA) is 15.3 Å². The molecule has 1 fully saturated rings. The van der Waals surface area contributed by atoms with Crippen molar-refractivity contribution in [2.75, 3.05) is 19.6 Å². The predicted molar refractivity (Wildman–Crippen MR) is 62.5 cm³/mol. The highest BCUT2D eigenvalue weighted by Gasteiger charge is 2.15. The van der Waals surface area contributed by atoms with Crippen LogP contribution in [0.2, 0.25) is 0 Å². The molecule has 1 atom stereocenters. The molecule has 1 aliphatic rings. The minimum Gasteiger partial charge on any atom is -0.303 e. The molecule has 3 heteroatoms. The van der Waals surface area contributed by atoms with Crippen LogP contribution in [-0.4, -0.2) is 29.9 Å². The molecule has 1 aliphatic heterocycles. The zero-order valence-corrected chi connectivity index (χ0v) is 9.08. The summed E-state index contributed by atoms with van der Waals surface area (Å²) in [5.41, 5.74) is 1.38. The molecule has 14 heavy (non-hydrogen) atoms. The molecule has 1 N–H and O–H groups in total. The van der Waals surface area contributed by atoms with Crippen molar-refractivity contribution in [1.29, 1.82) is 0 Å². The third-order valence-electron chi connectivity index (χ3n) is 2.49. The maximum atomic E-state index is 4.43. The van der Waals surface area contributed by atoms with Crippen LogP contribution in [-0.2, 0) is 6.54 Å². The van der Waals surface area contributed by atoms with Gasteiger partial charge < -0.3 is 5.32 Å². The fourth-order valence-electron chi connectivity index (χ4n) is 1.77.